The summed E-state index contributed by atoms with van der Waals surface area (Å²) in [5.41, 5.74) is 5.66. The average Bonchev–Trinajstić information content (AvgIpc) is 2.63. The normalized spacial score (nSPS) is 12.1. The third-order valence-corrected chi connectivity index (χ3v) is 10.3. The van der Waals surface area contributed by atoms with Gasteiger partial charge < -0.3 is 4.42 Å². The van der Waals surface area contributed by atoms with Gasteiger partial charge in [0.05, 0.1) is 0 Å². The lowest BCUT2D eigenvalue weighted by Crippen LogP contribution is -2.43. The summed E-state index contributed by atoms with van der Waals surface area (Å²) in [6, 6.07) is 3.95. The van der Waals surface area contributed by atoms with Crippen molar-refractivity contribution in [3.05, 3.63) is 23.7 Å². The van der Waals surface area contributed by atoms with Crippen LogP contribution in [0.3, 0.4) is 0 Å². The van der Waals surface area contributed by atoms with E-state index in [0.29, 0.717) is 16.6 Å². The smallest absolute Gasteiger partial charge is 0.176 e. The Balaban J connectivity index is 3.17. The minimum absolute atomic E-state index is 0.668. The molecule has 0 aliphatic carbocycles. The third-order valence-electron chi connectivity index (χ3n) is 4.01. The Morgan fingerprint density at radius 2 is 1.44 bits per heavy atom. The first-order chi connectivity index (χ1) is 8.30. The Morgan fingerprint density at radius 1 is 0.944 bits per heavy atom. The summed E-state index contributed by atoms with van der Waals surface area (Å²) in [5.74, 6) is 5.04. The molecule has 1 heterocycles. The highest BCUT2D eigenvalue weighted by molar-refractivity contribution is 6.90. The summed E-state index contributed by atoms with van der Waals surface area (Å²) in [6.07, 6.45) is 0. The Morgan fingerprint density at radius 3 is 1.78 bits per heavy atom. The van der Waals surface area contributed by atoms with Crippen LogP contribution in [-0.2, 0) is 0 Å². The van der Waals surface area contributed by atoms with Crippen molar-refractivity contribution >= 4 is 8.07 Å². The van der Waals surface area contributed by atoms with Crippen LogP contribution >= 0.6 is 0 Å². The van der Waals surface area contributed by atoms with Crippen LogP contribution in [0.1, 0.15) is 53.1 Å². The van der Waals surface area contributed by atoms with Crippen molar-refractivity contribution in [1.82, 2.24) is 0 Å². The minimum Gasteiger partial charge on any atom is -0.453 e. The molecular weight excluding hydrogens is 236 g/mol. The van der Waals surface area contributed by atoms with Gasteiger partial charge in [-0.25, -0.2) is 0 Å². The van der Waals surface area contributed by atoms with Crippen LogP contribution in [0.25, 0.3) is 0 Å². The van der Waals surface area contributed by atoms with E-state index in [-0.39, 0.29) is 0 Å². The predicted molar refractivity (Wildman–Crippen MR) is 81.4 cm³/mol. The molecule has 0 aromatic carbocycles. The zero-order valence-electron chi connectivity index (χ0n) is 12.8. The first kappa shape index (κ1) is 15.1. The molecule has 2 heteroatoms. The molecule has 0 spiro atoms. The van der Waals surface area contributed by atoms with Gasteiger partial charge in [0, 0.05) is 0 Å². The van der Waals surface area contributed by atoms with Crippen LogP contribution < -0.4 is 0 Å². The molecule has 0 aliphatic rings. The lowest BCUT2D eigenvalue weighted by atomic mass is 10.4. The molecule has 0 saturated carbocycles. The zero-order chi connectivity index (χ0) is 13.9. The molecule has 0 bridgehead atoms. The molecule has 0 unspecified atom stereocenters. The molecule has 0 N–H and O–H groups in total. The molecule has 0 radical (unpaired) electrons. The number of furan rings is 1. The van der Waals surface area contributed by atoms with Crippen LogP contribution in [0.4, 0.5) is 0 Å². The molecule has 1 rings (SSSR count). The summed E-state index contributed by atoms with van der Waals surface area (Å²) >= 11 is 0. The molecular formula is C16H26OSi. The van der Waals surface area contributed by atoms with Gasteiger partial charge in [0.15, 0.2) is 5.76 Å². The Bertz CT molecular complexity index is 421. The first-order valence-corrected chi connectivity index (χ1v) is 9.13. The minimum atomic E-state index is -1.62. The number of rotatable bonds is 3. The monoisotopic (exact) mass is 262 g/mol. The van der Waals surface area contributed by atoms with Crippen LogP contribution in [0, 0.1) is 18.4 Å². The maximum atomic E-state index is 5.57. The van der Waals surface area contributed by atoms with E-state index in [0.717, 1.165) is 11.5 Å². The van der Waals surface area contributed by atoms with Gasteiger partial charge in [-0.2, -0.15) is 0 Å². The Labute approximate surface area is 113 Å². The Hall–Kier alpha value is -0.943. The average molecular weight is 262 g/mol. The predicted octanol–water partition coefficient (Wildman–Crippen LogP) is 5.16. The lowest BCUT2D eigenvalue weighted by molar-refractivity contribution is 0.522. The summed E-state index contributed by atoms with van der Waals surface area (Å²) in [5, 5.41) is 0. The second kappa shape index (κ2) is 5.80. The molecule has 0 saturated heterocycles. The quantitative estimate of drug-likeness (QED) is 0.542. The van der Waals surface area contributed by atoms with E-state index in [2.05, 4.69) is 53.0 Å². The molecule has 0 amide bonds. The van der Waals surface area contributed by atoms with Gasteiger partial charge >= 0.3 is 0 Å². The van der Waals surface area contributed by atoms with Gasteiger partial charge in [0.1, 0.15) is 13.8 Å². The van der Waals surface area contributed by atoms with Crippen molar-refractivity contribution in [1.29, 1.82) is 0 Å². The van der Waals surface area contributed by atoms with E-state index in [9.17, 15) is 0 Å². The van der Waals surface area contributed by atoms with E-state index in [1.807, 2.05) is 19.1 Å². The third kappa shape index (κ3) is 2.90. The van der Waals surface area contributed by atoms with Crippen molar-refractivity contribution in [3.8, 4) is 11.5 Å². The highest BCUT2D eigenvalue weighted by Gasteiger charge is 2.41. The number of hydrogen-bond donors (Lipinski definition) is 0. The summed E-state index contributed by atoms with van der Waals surface area (Å²) in [7, 11) is -1.62. The van der Waals surface area contributed by atoms with E-state index in [1.54, 1.807) is 0 Å². The van der Waals surface area contributed by atoms with Gasteiger partial charge in [-0.1, -0.05) is 41.5 Å². The van der Waals surface area contributed by atoms with Crippen LogP contribution in [0.15, 0.2) is 16.5 Å². The van der Waals surface area contributed by atoms with E-state index >= 15 is 0 Å². The largest absolute Gasteiger partial charge is 0.453 e. The van der Waals surface area contributed by atoms with Gasteiger partial charge in [0.25, 0.3) is 0 Å². The number of aryl methyl sites for hydroxylation is 1. The second-order valence-electron chi connectivity index (χ2n) is 6.06. The van der Waals surface area contributed by atoms with Gasteiger partial charge in [-0.15, -0.1) is 5.54 Å². The first-order valence-electron chi connectivity index (χ1n) is 6.90. The zero-order valence-corrected chi connectivity index (χ0v) is 13.8. The summed E-state index contributed by atoms with van der Waals surface area (Å²) in [4.78, 5) is 0. The molecule has 1 nitrogen and oxygen atoms in total. The highest BCUT2D eigenvalue weighted by Crippen LogP contribution is 2.40. The molecule has 1 aromatic rings. The standard InChI is InChI=1S/C16H26OSi/c1-12(2)18(13(3)4,14(5)6)11-10-16-9-8-15(7)17-16/h8-9,12-14H,1-7H3. The van der Waals surface area contributed by atoms with Crippen LogP contribution in [-0.4, -0.2) is 8.07 Å². The van der Waals surface area contributed by atoms with Gasteiger partial charge in [-0.05, 0) is 41.6 Å². The molecule has 1 aromatic heterocycles. The van der Waals surface area contributed by atoms with Crippen LogP contribution in [0.2, 0.25) is 16.6 Å². The van der Waals surface area contributed by atoms with Crippen molar-refractivity contribution in [2.24, 2.45) is 0 Å². The van der Waals surface area contributed by atoms with Crippen molar-refractivity contribution in [3.63, 3.8) is 0 Å². The summed E-state index contributed by atoms with van der Waals surface area (Å²) in [6.45, 7) is 15.9. The molecule has 0 fully saturated rings. The molecule has 0 aliphatic heterocycles. The maximum Gasteiger partial charge on any atom is 0.176 e. The SMILES string of the molecule is Cc1ccc(C#C[Si](C(C)C)(C(C)C)C(C)C)o1. The van der Waals surface area contributed by atoms with Crippen molar-refractivity contribution in [2.75, 3.05) is 0 Å². The topological polar surface area (TPSA) is 13.1 Å². The van der Waals surface area contributed by atoms with Crippen molar-refractivity contribution in [2.45, 2.75) is 65.1 Å². The lowest BCUT2D eigenvalue weighted by Gasteiger charge is -2.37. The molecule has 18 heavy (non-hydrogen) atoms. The van der Waals surface area contributed by atoms with Gasteiger partial charge in [0.2, 0.25) is 0 Å². The Kier molecular flexibility index (Phi) is 4.87. The molecule has 0 atom stereocenters. The van der Waals surface area contributed by atoms with E-state index in [1.165, 1.54) is 0 Å². The van der Waals surface area contributed by atoms with Gasteiger partial charge in [-0.3, -0.25) is 0 Å². The summed E-state index contributed by atoms with van der Waals surface area (Å²) < 4.78 is 5.57. The fourth-order valence-electron chi connectivity index (χ4n) is 3.10. The molecule has 100 valence electrons. The highest BCUT2D eigenvalue weighted by atomic mass is 28.3. The second-order valence-corrected chi connectivity index (χ2v) is 11.6. The van der Waals surface area contributed by atoms with Crippen molar-refractivity contribution < 1.29 is 4.42 Å². The van der Waals surface area contributed by atoms with E-state index < -0.39 is 8.07 Å². The fraction of sp³-hybridized carbons (Fsp3) is 0.625. The maximum absolute atomic E-state index is 5.57. The number of hydrogen-bond acceptors (Lipinski definition) is 1. The van der Waals surface area contributed by atoms with Crippen LogP contribution in [0.5, 0.6) is 0 Å². The van der Waals surface area contributed by atoms with E-state index in [4.69, 9.17) is 4.42 Å². The fourth-order valence-corrected chi connectivity index (χ4v) is 8.31.